The molecule has 3 heterocycles. The highest BCUT2D eigenvalue weighted by molar-refractivity contribution is 5.87. The Kier molecular flexibility index (Phi) is 3.94. The average molecular weight is 335 g/mol. The molecule has 0 amide bonds. The molecule has 1 aliphatic rings. The number of anilines is 1. The minimum absolute atomic E-state index is 0.683. The Labute approximate surface area is 148 Å². The molecule has 25 heavy (non-hydrogen) atoms. The zero-order chi connectivity index (χ0) is 17.6. The zero-order valence-corrected chi connectivity index (χ0v) is 15.4. The van der Waals surface area contributed by atoms with Crippen LogP contribution in [-0.4, -0.2) is 32.8 Å². The Bertz CT molecular complexity index is 904. The second-order valence-electron chi connectivity index (χ2n) is 7.63. The first kappa shape index (κ1) is 16.1. The molecule has 5 nitrogen and oxygen atoms in total. The summed E-state index contributed by atoms with van der Waals surface area (Å²) in [6, 6.07) is 6.41. The second-order valence-corrected chi connectivity index (χ2v) is 7.63. The lowest BCUT2D eigenvalue weighted by Crippen LogP contribution is -2.39. The number of benzene rings is 1. The van der Waals surface area contributed by atoms with Crippen LogP contribution in [0.25, 0.3) is 16.7 Å². The molecule has 1 saturated heterocycles. The van der Waals surface area contributed by atoms with Crippen molar-refractivity contribution in [2.45, 2.75) is 34.1 Å². The zero-order valence-electron chi connectivity index (χ0n) is 15.4. The van der Waals surface area contributed by atoms with Gasteiger partial charge in [0.2, 0.25) is 0 Å². The fraction of sp³-hybridized carbons (Fsp3) is 0.450. The molecule has 3 aromatic rings. The fourth-order valence-electron chi connectivity index (χ4n) is 4.14. The van der Waals surface area contributed by atoms with E-state index in [1.165, 1.54) is 17.5 Å². The molecule has 5 heteroatoms. The van der Waals surface area contributed by atoms with Crippen LogP contribution in [0.2, 0.25) is 0 Å². The Hall–Kier alpha value is -2.43. The van der Waals surface area contributed by atoms with E-state index in [0.717, 1.165) is 35.6 Å². The van der Waals surface area contributed by atoms with Crippen LogP contribution in [0.15, 0.2) is 30.7 Å². The Morgan fingerprint density at radius 2 is 1.80 bits per heavy atom. The van der Waals surface area contributed by atoms with Gasteiger partial charge in [0.15, 0.2) is 5.65 Å². The van der Waals surface area contributed by atoms with Crippen molar-refractivity contribution in [3.8, 4) is 5.69 Å². The van der Waals surface area contributed by atoms with Gasteiger partial charge in [0, 0.05) is 13.1 Å². The molecule has 1 aliphatic heterocycles. The molecule has 1 fully saturated rings. The van der Waals surface area contributed by atoms with Gasteiger partial charge in [-0.25, -0.2) is 14.6 Å². The van der Waals surface area contributed by atoms with E-state index in [9.17, 15) is 0 Å². The van der Waals surface area contributed by atoms with Gasteiger partial charge in [-0.15, -0.1) is 0 Å². The molecule has 4 rings (SSSR count). The van der Waals surface area contributed by atoms with Crippen LogP contribution in [0.1, 0.15) is 31.4 Å². The SMILES string of the molecule is Cc1ccc(-n2ncc3c(N4C[C@@H](C)C[C@H](C)C4)ncnc32)c(C)c1. The number of hydrogen-bond acceptors (Lipinski definition) is 4. The summed E-state index contributed by atoms with van der Waals surface area (Å²) in [4.78, 5) is 11.5. The summed E-state index contributed by atoms with van der Waals surface area (Å²) >= 11 is 0. The van der Waals surface area contributed by atoms with Gasteiger partial charge in [0.1, 0.15) is 12.1 Å². The predicted molar refractivity (Wildman–Crippen MR) is 101 cm³/mol. The van der Waals surface area contributed by atoms with Crippen LogP contribution in [0.3, 0.4) is 0 Å². The number of aryl methyl sites for hydroxylation is 2. The Balaban J connectivity index is 1.81. The summed E-state index contributed by atoms with van der Waals surface area (Å²) in [7, 11) is 0. The van der Waals surface area contributed by atoms with Crippen molar-refractivity contribution in [2.75, 3.05) is 18.0 Å². The standard InChI is InChI=1S/C20H25N5/c1-13-5-6-18(16(4)8-13)25-20-17(9-23-25)19(21-12-22-20)24-10-14(2)7-15(3)11-24/h5-6,8-9,12,14-15H,7,10-11H2,1-4H3/t14-,15-/m0/s1. The van der Waals surface area contributed by atoms with Crippen LogP contribution in [0, 0.1) is 25.7 Å². The Morgan fingerprint density at radius 1 is 1.04 bits per heavy atom. The molecule has 0 saturated carbocycles. The normalized spacial score (nSPS) is 21.0. The molecule has 0 aliphatic carbocycles. The molecular weight excluding hydrogens is 310 g/mol. The van der Waals surface area contributed by atoms with E-state index in [1.54, 1.807) is 6.33 Å². The molecular formula is C20H25N5. The molecule has 0 bridgehead atoms. The number of piperidine rings is 1. The van der Waals surface area contributed by atoms with Gasteiger partial charge in [0.25, 0.3) is 0 Å². The van der Waals surface area contributed by atoms with E-state index in [1.807, 2.05) is 10.9 Å². The molecule has 1 aromatic carbocycles. The molecule has 2 atom stereocenters. The molecule has 130 valence electrons. The van der Waals surface area contributed by atoms with Gasteiger partial charge in [-0.1, -0.05) is 31.5 Å². The minimum atomic E-state index is 0.683. The molecule has 0 N–H and O–H groups in total. The van der Waals surface area contributed by atoms with Crippen LogP contribution < -0.4 is 4.90 Å². The average Bonchev–Trinajstić information content (AvgIpc) is 2.98. The number of nitrogens with zero attached hydrogens (tertiary/aromatic N) is 5. The van der Waals surface area contributed by atoms with Crippen LogP contribution >= 0.6 is 0 Å². The lowest BCUT2D eigenvalue weighted by Gasteiger charge is -2.35. The van der Waals surface area contributed by atoms with Crippen molar-refractivity contribution in [3.05, 3.63) is 41.9 Å². The summed E-state index contributed by atoms with van der Waals surface area (Å²) in [5.74, 6) is 2.38. The van der Waals surface area contributed by atoms with Gasteiger partial charge in [-0.05, 0) is 43.7 Å². The van der Waals surface area contributed by atoms with Crippen molar-refractivity contribution in [1.82, 2.24) is 19.7 Å². The maximum Gasteiger partial charge on any atom is 0.168 e. The predicted octanol–water partition coefficient (Wildman–Crippen LogP) is 3.91. The van der Waals surface area contributed by atoms with Crippen molar-refractivity contribution < 1.29 is 0 Å². The van der Waals surface area contributed by atoms with Crippen LogP contribution in [0.4, 0.5) is 5.82 Å². The fourth-order valence-corrected chi connectivity index (χ4v) is 4.14. The van der Waals surface area contributed by atoms with E-state index < -0.39 is 0 Å². The van der Waals surface area contributed by atoms with E-state index in [4.69, 9.17) is 0 Å². The first-order valence-electron chi connectivity index (χ1n) is 9.04. The third-order valence-electron chi connectivity index (χ3n) is 5.09. The van der Waals surface area contributed by atoms with Gasteiger partial charge in [-0.3, -0.25) is 0 Å². The third kappa shape index (κ3) is 2.88. The van der Waals surface area contributed by atoms with Gasteiger partial charge in [-0.2, -0.15) is 5.10 Å². The van der Waals surface area contributed by atoms with E-state index in [-0.39, 0.29) is 0 Å². The lowest BCUT2D eigenvalue weighted by atomic mass is 9.92. The molecule has 0 radical (unpaired) electrons. The second kappa shape index (κ2) is 6.14. The first-order valence-corrected chi connectivity index (χ1v) is 9.04. The maximum atomic E-state index is 4.64. The first-order chi connectivity index (χ1) is 12.0. The summed E-state index contributed by atoms with van der Waals surface area (Å²) < 4.78 is 1.94. The molecule has 0 spiro atoms. The number of aromatic nitrogens is 4. The van der Waals surface area contributed by atoms with Crippen LogP contribution in [0.5, 0.6) is 0 Å². The highest BCUT2D eigenvalue weighted by Gasteiger charge is 2.25. The van der Waals surface area contributed by atoms with Crippen molar-refractivity contribution >= 4 is 16.9 Å². The minimum Gasteiger partial charge on any atom is -0.355 e. The van der Waals surface area contributed by atoms with Crippen LogP contribution in [-0.2, 0) is 0 Å². The summed E-state index contributed by atoms with van der Waals surface area (Å²) in [6.07, 6.45) is 4.86. The van der Waals surface area contributed by atoms with Gasteiger partial charge < -0.3 is 4.90 Å². The highest BCUT2D eigenvalue weighted by Crippen LogP contribution is 2.30. The lowest BCUT2D eigenvalue weighted by molar-refractivity contribution is 0.356. The number of hydrogen-bond donors (Lipinski definition) is 0. The largest absolute Gasteiger partial charge is 0.355 e. The number of rotatable bonds is 2. The summed E-state index contributed by atoms with van der Waals surface area (Å²) in [5, 5.41) is 5.67. The van der Waals surface area contributed by atoms with Crippen molar-refractivity contribution in [3.63, 3.8) is 0 Å². The quantitative estimate of drug-likeness (QED) is 0.712. The van der Waals surface area contributed by atoms with Crippen molar-refractivity contribution in [1.29, 1.82) is 0 Å². The van der Waals surface area contributed by atoms with E-state index >= 15 is 0 Å². The third-order valence-corrected chi connectivity index (χ3v) is 5.09. The van der Waals surface area contributed by atoms with Gasteiger partial charge >= 0.3 is 0 Å². The number of fused-ring (bicyclic) bond motifs is 1. The highest BCUT2D eigenvalue weighted by atomic mass is 15.3. The van der Waals surface area contributed by atoms with E-state index in [2.05, 4.69) is 65.9 Å². The smallest absolute Gasteiger partial charge is 0.168 e. The Morgan fingerprint density at radius 3 is 2.52 bits per heavy atom. The summed E-state index contributed by atoms with van der Waals surface area (Å²) in [5.41, 5.74) is 4.41. The monoisotopic (exact) mass is 335 g/mol. The van der Waals surface area contributed by atoms with Gasteiger partial charge in [0.05, 0.1) is 17.3 Å². The molecule has 2 aromatic heterocycles. The van der Waals surface area contributed by atoms with E-state index in [0.29, 0.717) is 11.8 Å². The topological polar surface area (TPSA) is 46.8 Å². The summed E-state index contributed by atoms with van der Waals surface area (Å²) in [6.45, 7) is 11.0. The molecule has 0 unspecified atom stereocenters. The van der Waals surface area contributed by atoms with Crippen molar-refractivity contribution in [2.24, 2.45) is 11.8 Å². The maximum absolute atomic E-state index is 4.64.